The lowest BCUT2D eigenvalue weighted by Gasteiger charge is -2.33. The van der Waals surface area contributed by atoms with E-state index in [0.717, 1.165) is 6.42 Å². The summed E-state index contributed by atoms with van der Waals surface area (Å²) in [4.78, 5) is 14.1. The fraction of sp³-hybridized carbons (Fsp3) is 0.933. The van der Waals surface area contributed by atoms with Crippen molar-refractivity contribution < 1.29 is 4.79 Å². The summed E-state index contributed by atoms with van der Waals surface area (Å²) in [5.41, 5.74) is 5.99. The van der Waals surface area contributed by atoms with Gasteiger partial charge in [-0.05, 0) is 40.3 Å². The first kappa shape index (κ1) is 16.4. The molecule has 1 fully saturated rings. The second-order valence-corrected chi connectivity index (χ2v) is 6.77. The zero-order valence-corrected chi connectivity index (χ0v) is 13.0. The molecule has 0 aromatic carbocycles. The van der Waals surface area contributed by atoms with Gasteiger partial charge in [0.1, 0.15) is 0 Å². The maximum atomic E-state index is 12.0. The molecular weight excluding hydrogens is 238 g/mol. The zero-order valence-electron chi connectivity index (χ0n) is 13.0. The molecule has 1 aliphatic rings. The molecule has 3 N–H and O–H groups in total. The number of hydrogen-bond acceptors (Lipinski definition) is 3. The summed E-state index contributed by atoms with van der Waals surface area (Å²) in [7, 11) is 4.04. The molecule has 0 radical (unpaired) electrons. The minimum Gasteiger partial charge on any atom is -0.353 e. The first-order valence-electron chi connectivity index (χ1n) is 7.53. The highest BCUT2D eigenvalue weighted by Crippen LogP contribution is 2.26. The standard InChI is InChI=1S/C15H31N3O/c1-15(2,18(3)4)11-17-14(19)13(16)10-12-8-6-5-7-9-12/h12-13H,5-11,16H2,1-4H3,(H,17,19). The molecular formula is C15H31N3O. The van der Waals surface area contributed by atoms with Crippen molar-refractivity contribution in [1.29, 1.82) is 0 Å². The number of nitrogens with one attached hydrogen (secondary N) is 1. The summed E-state index contributed by atoms with van der Waals surface area (Å²) in [5, 5.41) is 2.99. The van der Waals surface area contributed by atoms with Crippen LogP contribution in [0.15, 0.2) is 0 Å². The van der Waals surface area contributed by atoms with Crippen LogP contribution >= 0.6 is 0 Å². The maximum Gasteiger partial charge on any atom is 0.236 e. The Balaban J connectivity index is 2.32. The highest BCUT2D eigenvalue weighted by Gasteiger charge is 2.24. The van der Waals surface area contributed by atoms with E-state index in [9.17, 15) is 4.79 Å². The Hall–Kier alpha value is -0.610. The van der Waals surface area contributed by atoms with Crippen molar-refractivity contribution in [2.24, 2.45) is 11.7 Å². The Morgan fingerprint density at radius 2 is 1.89 bits per heavy atom. The van der Waals surface area contributed by atoms with Gasteiger partial charge in [-0.25, -0.2) is 0 Å². The third-order valence-corrected chi connectivity index (χ3v) is 4.55. The zero-order chi connectivity index (χ0) is 14.5. The first-order valence-corrected chi connectivity index (χ1v) is 7.53. The van der Waals surface area contributed by atoms with Gasteiger partial charge in [-0.3, -0.25) is 4.79 Å². The fourth-order valence-corrected chi connectivity index (χ4v) is 2.48. The number of nitrogens with two attached hydrogens (primary N) is 1. The van der Waals surface area contributed by atoms with E-state index in [4.69, 9.17) is 5.73 Å². The molecule has 1 amide bonds. The third kappa shape index (κ3) is 5.49. The molecule has 1 rings (SSSR count). The molecule has 0 bridgehead atoms. The van der Waals surface area contributed by atoms with Gasteiger partial charge in [-0.1, -0.05) is 32.1 Å². The molecule has 1 aliphatic carbocycles. The van der Waals surface area contributed by atoms with Crippen molar-refractivity contribution in [2.75, 3.05) is 20.6 Å². The van der Waals surface area contributed by atoms with Crippen LogP contribution in [0.4, 0.5) is 0 Å². The normalized spacial score (nSPS) is 19.5. The highest BCUT2D eigenvalue weighted by atomic mass is 16.2. The van der Waals surface area contributed by atoms with Crippen LogP contribution in [-0.2, 0) is 4.79 Å². The molecule has 1 atom stereocenters. The van der Waals surface area contributed by atoms with Crippen LogP contribution in [0, 0.1) is 5.92 Å². The van der Waals surface area contributed by atoms with Crippen LogP contribution in [0.3, 0.4) is 0 Å². The quantitative estimate of drug-likeness (QED) is 0.772. The van der Waals surface area contributed by atoms with Crippen molar-refractivity contribution in [3.8, 4) is 0 Å². The molecule has 0 saturated heterocycles. The second-order valence-electron chi connectivity index (χ2n) is 6.77. The molecule has 0 aromatic heterocycles. The van der Waals surface area contributed by atoms with Crippen LogP contribution in [0.2, 0.25) is 0 Å². The van der Waals surface area contributed by atoms with Crippen molar-refractivity contribution in [2.45, 2.75) is 64.0 Å². The minimum absolute atomic E-state index is 0.000462. The molecule has 4 nitrogen and oxygen atoms in total. The third-order valence-electron chi connectivity index (χ3n) is 4.55. The highest BCUT2D eigenvalue weighted by molar-refractivity contribution is 5.81. The second kappa shape index (κ2) is 7.25. The molecule has 19 heavy (non-hydrogen) atoms. The van der Waals surface area contributed by atoms with Gasteiger partial charge < -0.3 is 16.0 Å². The maximum absolute atomic E-state index is 12.0. The summed E-state index contributed by atoms with van der Waals surface area (Å²) < 4.78 is 0. The van der Waals surface area contributed by atoms with Crippen LogP contribution in [0.25, 0.3) is 0 Å². The van der Waals surface area contributed by atoms with E-state index in [1.54, 1.807) is 0 Å². The summed E-state index contributed by atoms with van der Waals surface area (Å²) in [6.07, 6.45) is 7.26. The average molecular weight is 269 g/mol. The number of carbonyl (C=O) groups excluding carboxylic acids is 1. The Morgan fingerprint density at radius 3 is 2.42 bits per heavy atom. The van der Waals surface area contributed by atoms with E-state index in [-0.39, 0.29) is 17.5 Å². The summed E-state index contributed by atoms with van der Waals surface area (Å²) >= 11 is 0. The number of rotatable bonds is 6. The van der Waals surface area contributed by atoms with Crippen LogP contribution in [0.1, 0.15) is 52.4 Å². The Labute approximate surface area is 118 Å². The topological polar surface area (TPSA) is 58.4 Å². The summed E-state index contributed by atoms with van der Waals surface area (Å²) in [5.74, 6) is 0.650. The Morgan fingerprint density at radius 1 is 1.32 bits per heavy atom. The van der Waals surface area contributed by atoms with Crippen molar-refractivity contribution >= 4 is 5.91 Å². The molecule has 112 valence electrons. The van der Waals surface area contributed by atoms with E-state index in [1.165, 1.54) is 32.1 Å². The Bertz CT molecular complexity index is 283. The van der Waals surface area contributed by atoms with Gasteiger partial charge in [0.2, 0.25) is 5.91 Å². The predicted octanol–water partition coefficient (Wildman–Crippen LogP) is 1.74. The van der Waals surface area contributed by atoms with Crippen LogP contribution < -0.4 is 11.1 Å². The lowest BCUT2D eigenvalue weighted by atomic mass is 9.85. The molecule has 1 unspecified atom stereocenters. The first-order chi connectivity index (χ1) is 8.83. The van der Waals surface area contributed by atoms with Gasteiger partial charge in [0, 0.05) is 12.1 Å². The average Bonchev–Trinajstić information content (AvgIpc) is 2.37. The van der Waals surface area contributed by atoms with E-state index < -0.39 is 0 Å². The predicted molar refractivity (Wildman–Crippen MR) is 79.9 cm³/mol. The molecule has 0 aliphatic heterocycles. The number of nitrogens with zero attached hydrogens (tertiary/aromatic N) is 1. The fourth-order valence-electron chi connectivity index (χ4n) is 2.48. The van der Waals surface area contributed by atoms with Gasteiger partial charge in [-0.2, -0.15) is 0 Å². The monoisotopic (exact) mass is 269 g/mol. The van der Waals surface area contributed by atoms with E-state index in [2.05, 4.69) is 24.1 Å². The molecule has 1 saturated carbocycles. The Kier molecular flexibility index (Phi) is 6.27. The molecule has 4 heteroatoms. The van der Waals surface area contributed by atoms with Crippen LogP contribution in [-0.4, -0.2) is 43.0 Å². The van der Waals surface area contributed by atoms with Crippen LogP contribution in [0.5, 0.6) is 0 Å². The van der Waals surface area contributed by atoms with Gasteiger partial charge in [-0.15, -0.1) is 0 Å². The van der Waals surface area contributed by atoms with Crippen molar-refractivity contribution in [3.63, 3.8) is 0 Å². The summed E-state index contributed by atoms with van der Waals surface area (Å²) in [6.45, 7) is 4.86. The van der Waals surface area contributed by atoms with Gasteiger partial charge in [0.05, 0.1) is 6.04 Å². The number of hydrogen-bond donors (Lipinski definition) is 2. The van der Waals surface area contributed by atoms with E-state index in [1.807, 2.05) is 14.1 Å². The number of carbonyl (C=O) groups is 1. The minimum atomic E-state index is -0.346. The lowest BCUT2D eigenvalue weighted by molar-refractivity contribution is -0.123. The number of likely N-dealkylation sites (N-methyl/N-ethyl adjacent to an activating group) is 1. The molecule has 0 spiro atoms. The summed E-state index contributed by atoms with van der Waals surface area (Å²) in [6, 6.07) is -0.346. The smallest absolute Gasteiger partial charge is 0.236 e. The number of amides is 1. The van der Waals surface area contributed by atoms with Crippen molar-refractivity contribution in [3.05, 3.63) is 0 Å². The van der Waals surface area contributed by atoms with Gasteiger partial charge in [0.15, 0.2) is 0 Å². The van der Waals surface area contributed by atoms with Crippen molar-refractivity contribution in [1.82, 2.24) is 10.2 Å². The molecule has 0 heterocycles. The lowest BCUT2D eigenvalue weighted by Crippen LogP contribution is -2.51. The van der Waals surface area contributed by atoms with Gasteiger partial charge in [0.25, 0.3) is 0 Å². The molecule has 0 aromatic rings. The van der Waals surface area contributed by atoms with E-state index >= 15 is 0 Å². The SMILES string of the molecule is CN(C)C(C)(C)CNC(=O)C(N)CC1CCCCC1. The van der Waals surface area contributed by atoms with E-state index in [0.29, 0.717) is 12.5 Å². The largest absolute Gasteiger partial charge is 0.353 e. The van der Waals surface area contributed by atoms with Gasteiger partial charge >= 0.3 is 0 Å².